The second kappa shape index (κ2) is 5.15. The van der Waals surface area contributed by atoms with Gasteiger partial charge < -0.3 is 15.7 Å². The molecule has 0 heterocycles. The van der Waals surface area contributed by atoms with Crippen LogP contribution in [0.3, 0.4) is 0 Å². The number of anilines is 2. The van der Waals surface area contributed by atoms with Crippen LogP contribution in [0, 0.1) is 0 Å². The van der Waals surface area contributed by atoms with Crippen LogP contribution in [0.5, 0.6) is 0 Å². The monoisotopic (exact) mass is 254 g/mol. The molecule has 2 atom stereocenters. The Kier molecular flexibility index (Phi) is 3.79. The van der Waals surface area contributed by atoms with Crippen molar-refractivity contribution in [1.29, 1.82) is 0 Å². The topological polar surface area (TPSA) is 49.5 Å². The molecule has 17 heavy (non-hydrogen) atoms. The lowest BCUT2D eigenvalue weighted by molar-refractivity contribution is 0.106. The maximum absolute atomic E-state index is 10.1. The van der Waals surface area contributed by atoms with E-state index in [9.17, 15) is 5.11 Å². The summed E-state index contributed by atoms with van der Waals surface area (Å²) in [5.41, 5.74) is 7.46. The molecule has 1 aliphatic rings. The van der Waals surface area contributed by atoms with Crippen molar-refractivity contribution in [3.63, 3.8) is 0 Å². The van der Waals surface area contributed by atoms with Crippen LogP contribution in [0.1, 0.15) is 25.7 Å². The van der Waals surface area contributed by atoms with Gasteiger partial charge >= 0.3 is 0 Å². The molecule has 94 valence electrons. The van der Waals surface area contributed by atoms with Crippen LogP contribution >= 0.6 is 11.6 Å². The number of para-hydroxylation sites is 1. The molecule has 0 bridgehead atoms. The van der Waals surface area contributed by atoms with Crippen molar-refractivity contribution >= 4 is 23.0 Å². The number of hydrogen-bond donors (Lipinski definition) is 2. The summed E-state index contributed by atoms with van der Waals surface area (Å²) in [6.45, 7) is 0. The van der Waals surface area contributed by atoms with Gasteiger partial charge in [0, 0.05) is 7.05 Å². The van der Waals surface area contributed by atoms with Crippen molar-refractivity contribution in [2.45, 2.75) is 37.8 Å². The molecule has 0 aliphatic heterocycles. The van der Waals surface area contributed by atoms with Gasteiger partial charge in [-0.15, -0.1) is 0 Å². The molecule has 0 saturated heterocycles. The van der Waals surface area contributed by atoms with Gasteiger partial charge in [-0.2, -0.15) is 0 Å². The van der Waals surface area contributed by atoms with E-state index in [0.717, 1.165) is 31.4 Å². The fourth-order valence-electron chi connectivity index (χ4n) is 2.61. The van der Waals surface area contributed by atoms with Crippen molar-refractivity contribution < 1.29 is 5.11 Å². The third-order valence-corrected chi connectivity index (χ3v) is 3.87. The number of hydrogen-bond acceptors (Lipinski definition) is 3. The lowest BCUT2D eigenvalue weighted by Crippen LogP contribution is -2.43. The van der Waals surface area contributed by atoms with E-state index in [4.69, 9.17) is 17.3 Å². The van der Waals surface area contributed by atoms with Crippen LogP contribution in [-0.2, 0) is 0 Å². The average molecular weight is 255 g/mol. The molecule has 2 rings (SSSR count). The van der Waals surface area contributed by atoms with Crippen molar-refractivity contribution in [2.75, 3.05) is 17.7 Å². The Morgan fingerprint density at radius 2 is 2.06 bits per heavy atom. The van der Waals surface area contributed by atoms with Crippen LogP contribution in [0.25, 0.3) is 0 Å². The van der Waals surface area contributed by atoms with Gasteiger partial charge in [-0.1, -0.05) is 30.5 Å². The van der Waals surface area contributed by atoms with E-state index in [0.29, 0.717) is 10.7 Å². The number of likely N-dealkylation sites (N-methyl/N-ethyl adjacent to an activating group) is 1. The maximum atomic E-state index is 10.1. The zero-order valence-electron chi connectivity index (χ0n) is 10.1. The number of aliphatic hydroxyl groups excluding tert-OH is 1. The predicted molar refractivity (Wildman–Crippen MR) is 72.5 cm³/mol. The summed E-state index contributed by atoms with van der Waals surface area (Å²) in [4.78, 5) is 2.03. The van der Waals surface area contributed by atoms with E-state index >= 15 is 0 Å². The molecule has 2 unspecified atom stereocenters. The zero-order chi connectivity index (χ0) is 12.4. The smallest absolute Gasteiger partial charge is 0.0789 e. The summed E-state index contributed by atoms with van der Waals surface area (Å²) in [6.07, 6.45) is 3.81. The quantitative estimate of drug-likeness (QED) is 0.798. The van der Waals surface area contributed by atoms with E-state index in [1.54, 1.807) is 0 Å². The molecule has 0 amide bonds. The maximum Gasteiger partial charge on any atom is 0.0789 e. The molecule has 0 spiro atoms. The van der Waals surface area contributed by atoms with Gasteiger partial charge in [0.05, 0.1) is 28.5 Å². The molecule has 1 aliphatic carbocycles. The fourth-order valence-corrected chi connectivity index (χ4v) is 2.93. The van der Waals surface area contributed by atoms with Gasteiger partial charge in [-0.05, 0) is 25.0 Å². The third-order valence-electron chi connectivity index (χ3n) is 3.56. The fraction of sp³-hybridized carbons (Fsp3) is 0.538. The SMILES string of the molecule is CN(c1c(N)cccc1Cl)C1CCCCC1O. The normalized spacial score (nSPS) is 24.6. The standard InChI is InChI=1S/C13H19ClN2O/c1-16(11-7-2-3-8-12(11)17)13-9(14)5-4-6-10(13)15/h4-6,11-12,17H,2-3,7-8,15H2,1H3. The van der Waals surface area contributed by atoms with Gasteiger partial charge in [-0.25, -0.2) is 0 Å². The highest BCUT2D eigenvalue weighted by atomic mass is 35.5. The molecule has 1 saturated carbocycles. The van der Waals surface area contributed by atoms with Gasteiger partial charge in [0.2, 0.25) is 0 Å². The Labute approximate surface area is 107 Å². The molecule has 1 aromatic rings. The van der Waals surface area contributed by atoms with Crippen LogP contribution in [-0.4, -0.2) is 24.3 Å². The number of rotatable bonds is 2. The lowest BCUT2D eigenvalue weighted by atomic mass is 9.91. The summed E-state index contributed by atoms with van der Waals surface area (Å²) in [5.74, 6) is 0. The van der Waals surface area contributed by atoms with Crippen molar-refractivity contribution in [1.82, 2.24) is 0 Å². The van der Waals surface area contributed by atoms with Crippen molar-refractivity contribution in [3.05, 3.63) is 23.2 Å². The lowest BCUT2D eigenvalue weighted by Gasteiger charge is -2.37. The molecule has 1 fully saturated rings. The van der Waals surface area contributed by atoms with Crippen molar-refractivity contribution in [3.8, 4) is 0 Å². The Balaban J connectivity index is 2.26. The number of nitrogens with zero attached hydrogens (tertiary/aromatic N) is 1. The largest absolute Gasteiger partial charge is 0.397 e. The van der Waals surface area contributed by atoms with E-state index < -0.39 is 0 Å². The first-order valence-corrected chi connectivity index (χ1v) is 6.44. The first kappa shape index (κ1) is 12.5. The van der Waals surface area contributed by atoms with Gasteiger partial charge in [0.1, 0.15) is 0 Å². The van der Waals surface area contributed by atoms with Crippen molar-refractivity contribution in [2.24, 2.45) is 0 Å². The van der Waals surface area contributed by atoms with Crippen LogP contribution in [0.4, 0.5) is 11.4 Å². The Bertz CT molecular complexity index is 377. The number of nitrogens with two attached hydrogens (primary N) is 1. The second-order valence-electron chi connectivity index (χ2n) is 4.71. The van der Waals surface area contributed by atoms with E-state index in [1.807, 2.05) is 30.1 Å². The van der Waals surface area contributed by atoms with Gasteiger partial charge in [0.25, 0.3) is 0 Å². The van der Waals surface area contributed by atoms with Gasteiger partial charge in [-0.3, -0.25) is 0 Å². The molecule has 3 nitrogen and oxygen atoms in total. The van der Waals surface area contributed by atoms with E-state index in [-0.39, 0.29) is 12.1 Å². The minimum atomic E-state index is -0.288. The number of halogens is 1. The molecule has 0 radical (unpaired) electrons. The Hall–Kier alpha value is -0.930. The first-order chi connectivity index (χ1) is 8.11. The average Bonchev–Trinajstić information content (AvgIpc) is 2.29. The highest BCUT2D eigenvalue weighted by molar-refractivity contribution is 6.34. The molecule has 0 aromatic heterocycles. The molecule has 4 heteroatoms. The summed E-state index contributed by atoms with van der Waals surface area (Å²) in [7, 11) is 1.96. The highest BCUT2D eigenvalue weighted by Gasteiger charge is 2.28. The van der Waals surface area contributed by atoms with Crippen LogP contribution in [0.2, 0.25) is 5.02 Å². The number of nitrogen functional groups attached to an aromatic ring is 1. The number of aliphatic hydroxyl groups is 1. The molecular formula is C13H19ClN2O. The highest BCUT2D eigenvalue weighted by Crippen LogP contribution is 2.35. The Morgan fingerprint density at radius 1 is 1.35 bits per heavy atom. The summed E-state index contributed by atoms with van der Waals surface area (Å²) < 4.78 is 0. The Morgan fingerprint density at radius 3 is 2.71 bits per heavy atom. The molecule has 3 N–H and O–H groups in total. The minimum Gasteiger partial charge on any atom is -0.397 e. The van der Waals surface area contributed by atoms with Crippen LogP contribution in [0.15, 0.2) is 18.2 Å². The summed E-state index contributed by atoms with van der Waals surface area (Å²) in [6, 6.07) is 5.63. The van der Waals surface area contributed by atoms with Gasteiger partial charge in [0.15, 0.2) is 0 Å². The number of benzene rings is 1. The zero-order valence-corrected chi connectivity index (χ0v) is 10.8. The summed E-state index contributed by atoms with van der Waals surface area (Å²) >= 11 is 6.19. The first-order valence-electron chi connectivity index (χ1n) is 6.06. The molecular weight excluding hydrogens is 236 g/mol. The van der Waals surface area contributed by atoms with Crippen LogP contribution < -0.4 is 10.6 Å². The van der Waals surface area contributed by atoms with E-state index in [1.165, 1.54) is 0 Å². The minimum absolute atomic E-state index is 0.117. The van der Waals surface area contributed by atoms with E-state index in [2.05, 4.69) is 0 Å². The second-order valence-corrected chi connectivity index (χ2v) is 5.11. The predicted octanol–water partition coefficient (Wildman–Crippen LogP) is 2.66. The third kappa shape index (κ3) is 2.50. The summed E-state index contributed by atoms with van der Waals surface area (Å²) in [5, 5.41) is 10.7. The molecule has 1 aromatic carbocycles.